The minimum Gasteiger partial charge on any atom is -0.461 e. The number of esters is 1. The van der Waals surface area contributed by atoms with Gasteiger partial charge in [0.15, 0.2) is 0 Å². The number of aliphatic hydroxyl groups excluding tert-OH is 1. The molecule has 2 heterocycles. The average Bonchev–Trinajstić information content (AvgIpc) is 3.28. The molecular weight excluding hydrogens is 470 g/mol. The van der Waals surface area contributed by atoms with Crippen molar-refractivity contribution >= 4 is 23.5 Å². The highest BCUT2D eigenvalue weighted by molar-refractivity contribution is 8.00. The largest absolute Gasteiger partial charge is 0.461 e. The molecule has 0 radical (unpaired) electrons. The van der Waals surface area contributed by atoms with Gasteiger partial charge in [-0.1, -0.05) is 33.8 Å². The predicted octanol–water partition coefficient (Wildman–Crippen LogP) is 5.25. The molecule has 3 aliphatic carbocycles. The van der Waals surface area contributed by atoms with Gasteiger partial charge in [-0.2, -0.15) is 0 Å². The van der Waals surface area contributed by atoms with Crippen LogP contribution >= 0.6 is 11.8 Å². The predicted molar refractivity (Wildman–Crippen MR) is 145 cm³/mol. The Morgan fingerprint density at radius 1 is 1.19 bits per heavy atom. The summed E-state index contributed by atoms with van der Waals surface area (Å²) in [5, 5.41) is 12.2. The number of Topliss-reactive ketones (excluding diaryl/α,β-unsaturated/α-hetero) is 1. The second-order valence-corrected chi connectivity index (χ2v) is 14.8. The first kappa shape index (κ1) is 26.7. The van der Waals surface area contributed by atoms with Crippen molar-refractivity contribution in [2.24, 2.45) is 34.0 Å². The number of nitrogens with zero attached hydrogens (tertiary/aromatic N) is 1. The Kier molecular flexibility index (Phi) is 6.99. The van der Waals surface area contributed by atoms with Gasteiger partial charge in [-0.25, -0.2) is 0 Å². The number of hydrogen-bond acceptors (Lipinski definition) is 6. The molecule has 0 amide bonds. The summed E-state index contributed by atoms with van der Waals surface area (Å²) in [6.07, 6.45) is 9.58. The number of ketones is 1. The van der Waals surface area contributed by atoms with E-state index in [-0.39, 0.29) is 29.1 Å². The monoisotopic (exact) mass is 517 g/mol. The van der Waals surface area contributed by atoms with E-state index in [1.54, 1.807) is 11.8 Å². The van der Waals surface area contributed by atoms with Crippen molar-refractivity contribution in [2.45, 2.75) is 115 Å². The fraction of sp³-hybridized carbons (Fsp3) is 0.867. The van der Waals surface area contributed by atoms with Gasteiger partial charge in [-0.3, -0.25) is 9.59 Å². The minimum absolute atomic E-state index is 0.00390. The molecule has 36 heavy (non-hydrogen) atoms. The number of piperidine rings is 1. The number of rotatable bonds is 5. The third kappa shape index (κ3) is 3.95. The van der Waals surface area contributed by atoms with Crippen LogP contribution in [0.5, 0.6) is 0 Å². The molecular formula is C30H47NO4S. The van der Waals surface area contributed by atoms with Crippen molar-refractivity contribution in [3.8, 4) is 0 Å². The standard InChI is InChI=1S/C30H47NO4S/c1-7-28(4)16-24(35-25(33)17-36-22-14-20-8-9-21(15-22)31(20)6)29(5)18(2)10-12-30(19(3)27(28)34)13-11-23(32)26(29)30/h7,18-22,24,26-27,34H,1,8-17H2,2-6H3/t18-,19+,20-,21+,22?,24-,26+,27+,28-,29+,30+/m0/s1. The van der Waals surface area contributed by atoms with E-state index in [4.69, 9.17) is 4.74 Å². The van der Waals surface area contributed by atoms with Gasteiger partial charge in [-0.05, 0) is 75.7 Å². The molecule has 202 valence electrons. The van der Waals surface area contributed by atoms with Gasteiger partial charge in [0.2, 0.25) is 0 Å². The first-order valence-electron chi connectivity index (χ1n) is 14.3. The zero-order valence-electron chi connectivity index (χ0n) is 23.0. The van der Waals surface area contributed by atoms with E-state index in [9.17, 15) is 14.7 Å². The Morgan fingerprint density at radius 2 is 1.86 bits per heavy atom. The number of fused-ring (bicyclic) bond motifs is 2. The molecule has 4 bridgehead atoms. The fourth-order valence-corrected chi connectivity index (χ4v) is 10.5. The maximum Gasteiger partial charge on any atom is 0.316 e. The highest BCUT2D eigenvalue weighted by atomic mass is 32.2. The number of carbonyl (C=O) groups excluding carboxylic acids is 2. The maximum atomic E-state index is 13.5. The fourth-order valence-electron chi connectivity index (χ4n) is 9.38. The lowest BCUT2D eigenvalue weighted by Crippen LogP contribution is -2.63. The number of hydrogen-bond donors (Lipinski definition) is 1. The van der Waals surface area contributed by atoms with Crippen LogP contribution in [0.3, 0.4) is 0 Å². The van der Waals surface area contributed by atoms with Crippen LogP contribution in [0.4, 0.5) is 0 Å². The Bertz CT molecular complexity index is 895. The lowest BCUT2D eigenvalue weighted by Gasteiger charge is -2.61. The molecule has 6 heteroatoms. The van der Waals surface area contributed by atoms with E-state index < -0.39 is 23.0 Å². The van der Waals surface area contributed by atoms with Gasteiger partial charge in [0, 0.05) is 40.5 Å². The summed E-state index contributed by atoms with van der Waals surface area (Å²) < 4.78 is 6.42. The van der Waals surface area contributed by atoms with Gasteiger partial charge < -0.3 is 14.7 Å². The van der Waals surface area contributed by atoms with Gasteiger partial charge in [0.1, 0.15) is 11.9 Å². The van der Waals surface area contributed by atoms with Gasteiger partial charge in [-0.15, -0.1) is 18.3 Å². The molecule has 5 nitrogen and oxygen atoms in total. The summed E-state index contributed by atoms with van der Waals surface area (Å²) in [5.74, 6) is 0.605. The number of aliphatic hydroxyl groups is 1. The molecule has 3 saturated carbocycles. The molecule has 5 rings (SSSR count). The van der Waals surface area contributed by atoms with Crippen LogP contribution in [0, 0.1) is 34.0 Å². The van der Waals surface area contributed by atoms with E-state index in [1.807, 2.05) is 6.08 Å². The smallest absolute Gasteiger partial charge is 0.316 e. The zero-order chi connectivity index (χ0) is 26.0. The topological polar surface area (TPSA) is 66.8 Å². The highest BCUT2D eigenvalue weighted by Gasteiger charge is 2.68. The van der Waals surface area contributed by atoms with Crippen LogP contribution in [-0.2, 0) is 14.3 Å². The molecule has 11 atom stereocenters. The summed E-state index contributed by atoms with van der Waals surface area (Å²) in [4.78, 5) is 29.4. The minimum atomic E-state index is -0.619. The molecule has 1 unspecified atom stereocenters. The van der Waals surface area contributed by atoms with Crippen LogP contribution in [0.1, 0.15) is 85.5 Å². The molecule has 5 fully saturated rings. The lowest BCUT2D eigenvalue weighted by atomic mass is 9.44. The van der Waals surface area contributed by atoms with E-state index in [0.29, 0.717) is 41.7 Å². The van der Waals surface area contributed by atoms with Crippen LogP contribution in [0.15, 0.2) is 12.7 Å². The number of carbonyl (C=O) groups is 2. The summed E-state index contributed by atoms with van der Waals surface area (Å²) in [7, 11) is 2.24. The Morgan fingerprint density at radius 3 is 2.50 bits per heavy atom. The molecule has 5 aliphatic rings. The first-order chi connectivity index (χ1) is 17.0. The Hall–Kier alpha value is -0.850. The maximum absolute atomic E-state index is 13.5. The van der Waals surface area contributed by atoms with Crippen molar-refractivity contribution in [1.82, 2.24) is 4.90 Å². The third-order valence-electron chi connectivity index (χ3n) is 12.1. The highest BCUT2D eigenvalue weighted by Crippen LogP contribution is 2.68. The lowest BCUT2D eigenvalue weighted by molar-refractivity contribution is -0.205. The molecule has 1 N–H and O–H groups in total. The van der Waals surface area contributed by atoms with Gasteiger partial charge in [0.05, 0.1) is 11.9 Å². The van der Waals surface area contributed by atoms with Crippen LogP contribution < -0.4 is 0 Å². The first-order valence-corrected chi connectivity index (χ1v) is 15.4. The van der Waals surface area contributed by atoms with Gasteiger partial charge in [0.25, 0.3) is 0 Å². The summed E-state index contributed by atoms with van der Waals surface area (Å²) in [6.45, 7) is 12.8. The normalized spacial score (nSPS) is 50.8. The summed E-state index contributed by atoms with van der Waals surface area (Å²) in [6, 6.07) is 1.31. The number of ether oxygens (including phenoxy) is 1. The second kappa shape index (κ2) is 9.41. The summed E-state index contributed by atoms with van der Waals surface area (Å²) in [5.41, 5.74) is -1.24. The van der Waals surface area contributed by atoms with Crippen molar-refractivity contribution in [2.75, 3.05) is 12.8 Å². The SMILES string of the molecule is C=C[C@@]1(C)C[C@H](OC(=O)CSC2C[C@H]3CC[C@@H](C2)N3C)[C@@]2(C)[C@@H](C)CC[C@@]3(CCC(=O)[C@@H]32)[C@H](C)[C@H]1O. The summed E-state index contributed by atoms with van der Waals surface area (Å²) >= 11 is 1.76. The van der Waals surface area contributed by atoms with Crippen molar-refractivity contribution in [3.63, 3.8) is 0 Å². The van der Waals surface area contributed by atoms with E-state index in [1.165, 1.54) is 12.8 Å². The van der Waals surface area contributed by atoms with Crippen LogP contribution in [-0.4, -0.2) is 64.1 Å². The van der Waals surface area contributed by atoms with Crippen molar-refractivity contribution in [1.29, 1.82) is 0 Å². The molecule has 2 aliphatic heterocycles. The van der Waals surface area contributed by atoms with E-state index in [2.05, 4.69) is 46.2 Å². The zero-order valence-corrected chi connectivity index (χ0v) is 23.8. The molecule has 0 aromatic carbocycles. The number of thioether (sulfide) groups is 1. The molecule has 0 aromatic heterocycles. The van der Waals surface area contributed by atoms with E-state index in [0.717, 1.165) is 32.1 Å². The Labute approximate surface area is 222 Å². The third-order valence-corrected chi connectivity index (χ3v) is 13.3. The quantitative estimate of drug-likeness (QED) is 0.397. The molecule has 0 spiro atoms. The molecule has 0 aromatic rings. The average molecular weight is 518 g/mol. The van der Waals surface area contributed by atoms with Crippen molar-refractivity contribution in [3.05, 3.63) is 12.7 Å². The van der Waals surface area contributed by atoms with E-state index >= 15 is 0 Å². The van der Waals surface area contributed by atoms with Gasteiger partial charge >= 0.3 is 5.97 Å². The van der Waals surface area contributed by atoms with Crippen LogP contribution in [0.25, 0.3) is 0 Å². The van der Waals surface area contributed by atoms with Crippen LogP contribution in [0.2, 0.25) is 0 Å². The second-order valence-electron chi connectivity index (χ2n) is 13.5. The van der Waals surface area contributed by atoms with Crippen molar-refractivity contribution < 1.29 is 19.4 Å². The molecule has 2 saturated heterocycles. The Balaban J connectivity index is 1.39.